The first-order valence-electron chi connectivity index (χ1n) is 5.85. The standard InChI is InChI=1S/C13H19N3/c1-10(13-15-6-7-16-13)8-11-2-4-12(9-14)5-3-11/h2-5,10H,6-9,14H2,1H3,(H,15,16)/t10-/m0/s1. The molecule has 3 nitrogen and oxygen atoms in total. The summed E-state index contributed by atoms with van der Waals surface area (Å²) < 4.78 is 0. The number of nitrogens with two attached hydrogens (primary N) is 1. The number of benzene rings is 1. The second-order valence-corrected chi connectivity index (χ2v) is 4.32. The Hall–Kier alpha value is -1.35. The molecule has 0 spiro atoms. The smallest absolute Gasteiger partial charge is 0.0996 e. The first-order chi connectivity index (χ1) is 7.79. The van der Waals surface area contributed by atoms with Gasteiger partial charge in [-0.2, -0.15) is 0 Å². The average Bonchev–Trinajstić information content (AvgIpc) is 2.83. The van der Waals surface area contributed by atoms with Crippen molar-refractivity contribution in [2.45, 2.75) is 19.9 Å². The molecule has 0 fully saturated rings. The van der Waals surface area contributed by atoms with E-state index in [2.05, 4.69) is 41.5 Å². The van der Waals surface area contributed by atoms with Crippen LogP contribution in [0.2, 0.25) is 0 Å². The van der Waals surface area contributed by atoms with Crippen LogP contribution in [-0.2, 0) is 13.0 Å². The van der Waals surface area contributed by atoms with E-state index in [0.29, 0.717) is 12.5 Å². The van der Waals surface area contributed by atoms with Crippen LogP contribution in [0.1, 0.15) is 18.1 Å². The highest BCUT2D eigenvalue weighted by Gasteiger charge is 2.13. The lowest BCUT2D eigenvalue weighted by atomic mass is 9.99. The molecule has 3 N–H and O–H groups in total. The Labute approximate surface area is 96.8 Å². The number of aliphatic imine (C=N–C) groups is 1. The van der Waals surface area contributed by atoms with Crippen molar-refractivity contribution in [1.29, 1.82) is 0 Å². The van der Waals surface area contributed by atoms with Crippen LogP contribution in [0.25, 0.3) is 0 Å². The Bertz CT molecular complexity index is 367. The third kappa shape index (κ3) is 2.61. The Kier molecular flexibility index (Phi) is 3.57. The number of nitrogens with one attached hydrogen (secondary N) is 1. The monoisotopic (exact) mass is 217 g/mol. The van der Waals surface area contributed by atoms with Crippen LogP contribution in [0.15, 0.2) is 29.3 Å². The van der Waals surface area contributed by atoms with Crippen molar-refractivity contribution in [1.82, 2.24) is 5.32 Å². The maximum atomic E-state index is 5.57. The summed E-state index contributed by atoms with van der Waals surface area (Å²) in [6.07, 6.45) is 1.04. The van der Waals surface area contributed by atoms with E-state index in [1.165, 1.54) is 11.1 Å². The van der Waals surface area contributed by atoms with Crippen LogP contribution < -0.4 is 11.1 Å². The molecule has 1 aromatic carbocycles. The summed E-state index contributed by atoms with van der Waals surface area (Å²) in [5.74, 6) is 1.63. The Morgan fingerprint density at radius 3 is 2.56 bits per heavy atom. The van der Waals surface area contributed by atoms with E-state index in [9.17, 15) is 0 Å². The SMILES string of the molecule is C[C@@H](Cc1ccc(CN)cc1)C1=NCCN1. The van der Waals surface area contributed by atoms with E-state index < -0.39 is 0 Å². The largest absolute Gasteiger partial charge is 0.372 e. The zero-order valence-electron chi connectivity index (χ0n) is 9.74. The van der Waals surface area contributed by atoms with E-state index in [0.717, 1.165) is 25.3 Å². The van der Waals surface area contributed by atoms with Crippen LogP contribution in [0.4, 0.5) is 0 Å². The maximum absolute atomic E-state index is 5.57. The lowest BCUT2D eigenvalue weighted by Gasteiger charge is -2.12. The molecule has 0 radical (unpaired) electrons. The van der Waals surface area contributed by atoms with E-state index in [1.54, 1.807) is 0 Å². The first kappa shape index (κ1) is 11.1. The molecule has 0 saturated carbocycles. The summed E-state index contributed by atoms with van der Waals surface area (Å²) in [4.78, 5) is 4.45. The lowest BCUT2D eigenvalue weighted by molar-refractivity contribution is 0.742. The molecule has 0 unspecified atom stereocenters. The third-order valence-electron chi connectivity index (χ3n) is 2.97. The average molecular weight is 217 g/mol. The molecular weight excluding hydrogens is 198 g/mol. The summed E-state index contributed by atoms with van der Waals surface area (Å²) in [6.45, 7) is 4.75. The third-order valence-corrected chi connectivity index (χ3v) is 2.97. The van der Waals surface area contributed by atoms with Crippen LogP contribution in [-0.4, -0.2) is 18.9 Å². The van der Waals surface area contributed by atoms with Crippen molar-refractivity contribution in [2.75, 3.05) is 13.1 Å². The zero-order chi connectivity index (χ0) is 11.4. The fraction of sp³-hybridized carbons (Fsp3) is 0.462. The highest BCUT2D eigenvalue weighted by molar-refractivity contribution is 5.85. The van der Waals surface area contributed by atoms with Crippen LogP contribution in [0.5, 0.6) is 0 Å². The normalized spacial score (nSPS) is 16.8. The van der Waals surface area contributed by atoms with Gasteiger partial charge >= 0.3 is 0 Å². The summed E-state index contributed by atoms with van der Waals surface area (Å²) in [5, 5.41) is 3.33. The molecule has 16 heavy (non-hydrogen) atoms. The molecule has 1 heterocycles. The van der Waals surface area contributed by atoms with E-state index in [4.69, 9.17) is 5.73 Å². The van der Waals surface area contributed by atoms with Crippen molar-refractivity contribution >= 4 is 5.84 Å². The highest BCUT2D eigenvalue weighted by Crippen LogP contribution is 2.12. The van der Waals surface area contributed by atoms with Gasteiger partial charge in [0.2, 0.25) is 0 Å². The number of amidine groups is 1. The van der Waals surface area contributed by atoms with Gasteiger partial charge in [-0.1, -0.05) is 31.2 Å². The molecule has 0 aliphatic carbocycles. The molecule has 2 rings (SSSR count). The van der Waals surface area contributed by atoms with E-state index in [-0.39, 0.29) is 0 Å². The van der Waals surface area contributed by atoms with Crippen molar-refractivity contribution in [2.24, 2.45) is 16.6 Å². The van der Waals surface area contributed by atoms with Crippen LogP contribution in [0, 0.1) is 5.92 Å². The van der Waals surface area contributed by atoms with Gasteiger partial charge in [0.15, 0.2) is 0 Å². The first-order valence-corrected chi connectivity index (χ1v) is 5.85. The molecule has 0 amide bonds. The van der Waals surface area contributed by atoms with Gasteiger partial charge in [0, 0.05) is 19.0 Å². The summed E-state index contributed by atoms with van der Waals surface area (Å²) in [7, 11) is 0. The summed E-state index contributed by atoms with van der Waals surface area (Å²) in [6, 6.07) is 8.53. The summed E-state index contributed by atoms with van der Waals surface area (Å²) in [5.41, 5.74) is 8.11. The van der Waals surface area contributed by atoms with Gasteiger partial charge in [0.25, 0.3) is 0 Å². The quantitative estimate of drug-likeness (QED) is 0.799. The zero-order valence-corrected chi connectivity index (χ0v) is 9.74. The second-order valence-electron chi connectivity index (χ2n) is 4.32. The van der Waals surface area contributed by atoms with Crippen molar-refractivity contribution < 1.29 is 0 Å². The highest BCUT2D eigenvalue weighted by atomic mass is 15.1. The minimum Gasteiger partial charge on any atom is -0.372 e. The van der Waals surface area contributed by atoms with Crippen LogP contribution in [0.3, 0.4) is 0 Å². The predicted octanol–water partition coefficient (Wildman–Crippen LogP) is 1.33. The molecule has 1 aliphatic rings. The number of nitrogens with zero attached hydrogens (tertiary/aromatic N) is 1. The van der Waals surface area contributed by atoms with Crippen molar-refractivity contribution in [3.63, 3.8) is 0 Å². The van der Waals surface area contributed by atoms with E-state index in [1.807, 2.05) is 0 Å². The fourth-order valence-corrected chi connectivity index (χ4v) is 2.01. The van der Waals surface area contributed by atoms with Gasteiger partial charge < -0.3 is 11.1 Å². The van der Waals surface area contributed by atoms with Gasteiger partial charge in [-0.25, -0.2) is 0 Å². The minimum absolute atomic E-state index is 0.478. The van der Waals surface area contributed by atoms with Gasteiger partial charge in [0.05, 0.1) is 12.4 Å². The maximum Gasteiger partial charge on any atom is 0.0996 e. The predicted molar refractivity (Wildman–Crippen MR) is 67.5 cm³/mol. The minimum atomic E-state index is 0.478. The molecule has 3 heteroatoms. The van der Waals surface area contributed by atoms with Gasteiger partial charge in [-0.05, 0) is 17.5 Å². The van der Waals surface area contributed by atoms with Gasteiger partial charge in [0.1, 0.15) is 0 Å². The lowest BCUT2D eigenvalue weighted by Crippen LogP contribution is -2.26. The second kappa shape index (κ2) is 5.12. The molecule has 1 aliphatic heterocycles. The molecular formula is C13H19N3. The molecule has 86 valence electrons. The Morgan fingerprint density at radius 1 is 1.31 bits per heavy atom. The van der Waals surface area contributed by atoms with Crippen LogP contribution >= 0.6 is 0 Å². The number of hydrogen-bond donors (Lipinski definition) is 2. The van der Waals surface area contributed by atoms with Crippen molar-refractivity contribution in [3.8, 4) is 0 Å². The molecule has 1 aromatic rings. The molecule has 0 aromatic heterocycles. The molecule has 0 saturated heterocycles. The Morgan fingerprint density at radius 2 is 2.00 bits per heavy atom. The topological polar surface area (TPSA) is 50.4 Å². The fourth-order valence-electron chi connectivity index (χ4n) is 2.01. The summed E-state index contributed by atoms with van der Waals surface area (Å²) >= 11 is 0. The molecule has 1 atom stereocenters. The van der Waals surface area contributed by atoms with Crippen molar-refractivity contribution in [3.05, 3.63) is 35.4 Å². The number of rotatable bonds is 4. The van der Waals surface area contributed by atoms with Gasteiger partial charge in [-0.15, -0.1) is 0 Å². The Balaban J connectivity index is 1.97. The van der Waals surface area contributed by atoms with E-state index >= 15 is 0 Å². The van der Waals surface area contributed by atoms with Gasteiger partial charge in [-0.3, -0.25) is 4.99 Å². The number of hydrogen-bond acceptors (Lipinski definition) is 3. The molecule has 0 bridgehead atoms.